The lowest BCUT2D eigenvalue weighted by Crippen LogP contribution is -2.45. The Morgan fingerprint density at radius 2 is 1.35 bits per heavy atom. The van der Waals surface area contributed by atoms with Crippen molar-refractivity contribution < 1.29 is 39.9 Å². The van der Waals surface area contributed by atoms with Gasteiger partial charge < -0.3 is 4.74 Å². The van der Waals surface area contributed by atoms with E-state index in [4.69, 9.17) is 0 Å². The molecule has 0 aromatic heterocycles. The SMILES string of the molecule is FCc1cc(CF)cc(OC(F)(F)C(F)C(F)(F)F)c1. The van der Waals surface area contributed by atoms with Gasteiger partial charge in [0.1, 0.15) is 19.1 Å². The van der Waals surface area contributed by atoms with Crippen LogP contribution < -0.4 is 4.74 Å². The standard InChI is InChI=1S/C11H8F8O/c12-4-6-1-7(5-13)3-8(2-6)20-11(18,19)9(14)10(15,16)17/h1-3,9H,4-5H2. The van der Waals surface area contributed by atoms with E-state index in [0.717, 1.165) is 6.07 Å². The van der Waals surface area contributed by atoms with Crippen LogP contribution in [0.3, 0.4) is 0 Å². The van der Waals surface area contributed by atoms with Gasteiger partial charge in [-0.25, -0.2) is 13.2 Å². The predicted molar refractivity (Wildman–Crippen MR) is 52.6 cm³/mol. The molecule has 0 bridgehead atoms. The van der Waals surface area contributed by atoms with Gasteiger partial charge in [-0.3, -0.25) is 0 Å². The summed E-state index contributed by atoms with van der Waals surface area (Å²) in [6, 6.07) is 2.24. The maximum absolute atomic E-state index is 13.0. The lowest BCUT2D eigenvalue weighted by molar-refractivity contribution is -0.305. The number of hydrogen-bond acceptors (Lipinski definition) is 1. The van der Waals surface area contributed by atoms with Crippen LogP contribution in [-0.2, 0) is 13.3 Å². The largest absolute Gasteiger partial charge is 0.439 e. The monoisotopic (exact) mass is 308 g/mol. The summed E-state index contributed by atoms with van der Waals surface area (Å²) in [5.41, 5.74) is -0.568. The summed E-state index contributed by atoms with van der Waals surface area (Å²) >= 11 is 0. The van der Waals surface area contributed by atoms with Crippen molar-refractivity contribution in [3.8, 4) is 5.75 Å². The molecule has 0 amide bonds. The van der Waals surface area contributed by atoms with Crippen LogP contribution in [0.1, 0.15) is 11.1 Å². The van der Waals surface area contributed by atoms with Crippen molar-refractivity contribution in [2.24, 2.45) is 0 Å². The van der Waals surface area contributed by atoms with E-state index in [2.05, 4.69) is 4.74 Å². The highest BCUT2D eigenvalue weighted by Gasteiger charge is 2.59. The van der Waals surface area contributed by atoms with E-state index < -0.39 is 37.6 Å². The molecule has 1 unspecified atom stereocenters. The molecule has 0 spiro atoms. The first kappa shape index (κ1) is 16.5. The van der Waals surface area contributed by atoms with Crippen molar-refractivity contribution in [3.63, 3.8) is 0 Å². The summed E-state index contributed by atoms with van der Waals surface area (Å²) in [4.78, 5) is 0. The molecule has 1 nitrogen and oxygen atoms in total. The molecule has 1 rings (SSSR count). The lowest BCUT2D eigenvalue weighted by Gasteiger charge is -2.23. The number of benzene rings is 1. The number of halogens is 8. The molecule has 0 aliphatic heterocycles. The van der Waals surface area contributed by atoms with Crippen LogP contribution in [0.25, 0.3) is 0 Å². The third-order valence-electron chi connectivity index (χ3n) is 2.17. The minimum absolute atomic E-state index is 0.284. The zero-order valence-corrected chi connectivity index (χ0v) is 9.66. The fraction of sp³-hybridized carbons (Fsp3) is 0.455. The maximum Gasteiger partial charge on any atom is 0.439 e. The first-order chi connectivity index (χ1) is 9.10. The van der Waals surface area contributed by atoms with E-state index in [-0.39, 0.29) is 11.1 Å². The second-order valence-electron chi connectivity index (χ2n) is 3.82. The Morgan fingerprint density at radius 1 is 0.900 bits per heavy atom. The fourth-order valence-electron chi connectivity index (χ4n) is 1.34. The van der Waals surface area contributed by atoms with Crippen LogP contribution in [-0.4, -0.2) is 18.5 Å². The lowest BCUT2D eigenvalue weighted by atomic mass is 10.1. The van der Waals surface area contributed by atoms with E-state index in [9.17, 15) is 35.1 Å². The Bertz CT molecular complexity index is 434. The summed E-state index contributed by atoms with van der Waals surface area (Å²) in [6.45, 7) is -2.35. The molecule has 1 aromatic rings. The number of rotatable bonds is 5. The quantitative estimate of drug-likeness (QED) is 0.728. The van der Waals surface area contributed by atoms with Crippen LogP contribution in [0.2, 0.25) is 0 Å². The second kappa shape index (κ2) is 5.84. The molecule has 0 aliphatic rings. The fourth-order valence-corrected chi connectivity index (χ4v) is 1.34. The predicted octanol–water partition coefficient (Wildman–Crippen LogP) is 4.50. The Morgan fingerprint density at radius 3 is 1.70 bits per heavy atom. The molecule has 1 aromatic carbocycles. The number of ether oxygens (including phenoxy) is 1. The first-order valence-electron chi connectivity index (χ1n) is 5.12. The molecule has 114 valence electrons. The molecule has 1 atom stereocenters. The summed E-state index contributed by atoms with van der Waals surface area (Å²) in [6.07, 6.45) is -15.6. The van der Waals surface area contributed by atoms with E-state index in [0.29, 0.717) is 12.1 Å². The molecule has 0 fully saturated rings. The molecule has 0 saturated heterocycles. The van der Waals surface area contributed by atoms with Crippen molar-refractivity contribution in [1.29, 1.82) is 0 Å². The summed E-state index contributed by atoms with van der Waals surface area (Å²) < 4.78 is 103. The van der Waals surface area contributed by atoms with E-state index in [1.165, 1.54) is 0 Å². The van der Waals surface area contributed by atoms with Crippen molar-refractivity contribution in [3.05, 3.63) is 29.3 Å². The van der Waals surface area contributed by atoms with Crippen molar-refractivity contribution in [2.45, 2.75) is 31.8 Å². The third kappa shape index (κ3) is 3.97. The average Bonchev–Trinajstić information content (AvgIpc) is 2.35. The van der Waals surface area contributed by atoms with Crippen molar-refractivity contribution >= 4 is 0 Å². The molecular weight excluding hydrogens is 300 g/mol. The smallest absolute Gasteiger partial charge is 0.430 e. The van der Waals surface area contributed by atoms with E-state index in [1.54, 1.807) is 0 Å². The molecule has 0 heterocycles. The van der Waals surface area contributed by atoms with Crippen LogP contribution in [0, 0.1) is 0 Å². The molecular formula is C11H8F8O. The van der Waals surface area contributed by atoms with E-state index >= 15 is 0 Å². The van der Waals surface area contributed by atoms with Gasteiger partial charge in [-0.1, -0.05) is 6.07 Å². The first-order valence-corrected chi connectivity index (χ1v) is 5.12. The Kier molecular flexibility index (Phi) is 4.82. The van der Waals surface area contributed by atoms with E-state index in [1.807, 2.05) is 0 Å². The minimum Gasteiger partial charge on any atom is -0.430 e. The summed E-state index contributed by atoms with van der Waals surface area (Å²) in [5.74, 6) is -0.954. The van der Waals surface area contributed by atoms with Crippen molar-refractivity contribution in [1.82, 2.24) is 0 Å². The topological polar surface area (TPSA) is 9.23 Å². The Hall–Kier alpha value is -1.54. The Balaban J connectivity index is 3.02. The Labute approximate surface area is 108 Å². The average molecular weight is 308 g/mol. The zero-order chi connectivity index (χ0) is 15.6. The number of hydrogen-bond donors (Lipinski definition) is 0. The molecule has 0 N–H and O–H groups in total. The molecule has 0 aliphatic carbocycles. The van der Waals surface area contributed by atoms with Crippen LogP contribution in [0.15, 0.2) is 18.2 Å². The van der Waals surface area contributed by atoms with Crippen LogP contribution >= 0.6 is 0 Å². The van der Waals surface area contributed by atoms with Crippen LogP contribution in [0.5, 0.6) is 5.75 Å². The second-order valence-corrected chi connectivity index (χ2v) is 3.82. The molecule has 0 saturated carbocycles. The summed E-state index contributed by atoms with van der Waals surface area (Å²) in [7, 11) is 0. The van der Waals surface area contributed by atoms with Gasteiger partial charge in [0.15, 0.2) is 0 Å². The van der Waals surface area contributed by atoms with Gasteiger partial charge in [-0.05, 0) is 23.3 Å². The van der Waals surface area contributed by atoms with Gasteiger partial charge in [-0.15, -0.1) is 0 Å². The third-order valence-corrected chi connectivity index (χ3v) is 2.17. The number of alkyl halides is 8. The van der Waals surface area contributed by atoms with Gasteiger partial charge in [0, 0.05) is 0 Å². The zero-order valence-electron chi connectivity index (χ0n) is 9.66. The maximum atomic E-state index is 13.0. The highest BCUT2D eigenvalue weighted by Crippen LogP contribution is 2.37. The van der Waals surface area contributed by atoms with Crippen molar-refractivity contribution in [2.75, 3.05) is 0 Å². The molecule has 0 radical (unpaired) electrons. The molecule has 9 heteroatoms. The van der Waals surface area contributed by atoms with Gasteiger partial charge in [0.05, 0.1) is 0 Å². The van der Waals surface area contributed by atoms with Crippen LogP contribution in [0.4, 0.5) is 35.1 Å². The molecule has 20 heavy (non-hydrogen) atoms. The highest BCUT2D eigenvalue weighted by molar-refractivity contribution is 5.34. The van der Waals surface area contributed by atoms with Gasteiger partial charge in [-0.2, -0.15) is 22.0 Å². The summed E-state index contributed by atoms with van der Waals surface area (Å²) in [5, 5.41) is 0. The van der Waals surface area contributed by atoms with Gasteiger partial charge in [0.2, 0.25) is 0 Å². The highest BCUT2D eigenvalue weighted by atomic mass is 19.4. The van der Waals surface area contributed by atoms with Gasteiger partial charge >= 0.3 is 12.3 Å². The minimum atomic E-state index is -5.83. The van der Waals surface area contributed by atoms with Gasteiger partial charge in [0.25, 0.3) is 6.17 Å². The normalized spacial score (nSPS) is 14.2.